The Morgan fingerprint density at radius 3 is 2.79 bits per heavy atom. The molecule has 3 rings (SSSR count). The summed E-state index contributed by atoms with van der Waals surface area (Å²) in [6.07, 6.45) is 0.803. The van der Waals surface area contributed by atoms with Crippen molar-refractivity contribution < 1.29 is 19.7 Å². The van der Waals surface area contributed by atoms with E-state index in [1.54, 1.807) is 12.1 Å². The zero-order valence-electron chi connectivity index (χ0n) is 15.6. The molecule has 1 atom stereocenters. The van der Waals surface area contributed by atoms with Crippen LogP contribution in [0.5, 0.6) is 17.4 Å². The molecule has 1 aliphatic rings. The van der Waals surface area contributed by atoms with Crippen molar-refractivity contribution in [2.24, 2.45) is 5.10 Å². The second kappa shape index (κ2) is 8.17. The van der Waals surface area contributed by atoms with Crippen molar-refractivity contribution in [1.29, 1.82) is 0 Å². The van der Waals surface area contributed by atoms with E-state index in [9.17, 15) is 19.8 Å². The molecule has 0 spiro atoms. The zero-order valence-corrected chi connectivity index (χ0v) is 15.6. The number of nitrogens with one attached hydrogen (secondary N) is 2. The van der Waals surface area contributed by atoms with Gasteiger partial charge in [0.1, 0.15) is 5.56 Å². The Bertz CT molecular complexity index is 1010. The first-order chi connectivity index (χ1) is 13.5. The van der Waals surface area contributed by atoms with Crippen LogP contribution in [0.25, 0.3) is 0 Å². The summed E-state index contributed by atoms with van der Waals surface area (Å²) in [4.78, 5) is 26.5. The van der Waals surface area contributed by atoms with E-state index in [1.807, 2.05) is 0 Å². The van der Waals surface area contributed by atoms with Gasteiger partial charge in [-0.05, 0) is 24.1 Å². The van der Waals surface area contributed by atoms with Gasteiger partial charge in [0.2, 0.25) is 5.88 Å². The van der Waals surface area contributed by atoms with Crippen LogP contribution in [-0.4, -0.2) is 46.3 Å². The number of benzene rings is 1. The maximum atomic E-state index is 12.3. The molecule has 4 N–H and O–H groups in total. The smallest absolute Gasteiger partial charge is 0.331 e. The van der Waals surface area contributed by atoms with Gasteiger partial charge in [0, 0.05) is 26.7 Å². The van der Waals surface area contributed by atoms with Gasteiger partial charge in [-0.15, -0.1) is 0 Å². The Morgan fingerprint density at radius 1 is 1.29 bits per heavy atom. The lowest BCUT2D eigenvalue weighted by Crippen LogP contribution is -2.34. The third-order valence-electron chi connectivity index (χ3n) is 4.55. The molecule has 0 amide bonds. The number of phenolic OH excluding ortho intramolecular Hbond substituents is 1. The number of hydrogen-bond donors (Lipinski definition) is 4. The summed E-state index contributed by atoms with van der Waals surface area (Å²) >= 11 is 0. The molecule has 0 saturated heterocycles. The number of phenols is 1. The number of aromatic hydroxyl groups is 2. The minimum Gasteiger partial charge on any atom is -0.504 e. The molecule has 0 unspecified atom stereocenters. The zero-order chi connectivity index (χ0) is 20.3. The fourth-order valence-electron chi connectivity index (χ4n) is 3.10. The quantitative estimate of drug-likeness (QED) is 0.503. The third kappa shape index (κ3) is 3.72. The van der Waals surface area contributed by atoms with Crippen LogP contribution in [-0.2, 0) is 11.3 Å². The molecule has 1 aromatic heterocycles. The number of hydrogen-bond acceptors (Lipinski definition) is 8. The lowest BCUT2D eigenvalue weighted by atomic mass is 9.99. The Labute approximate surface area is 160 Å². The van der Waals surface area contributed by atoms with Crippen molar-refractivity contribution in [3.05, 3.63) is 50.2 Å². The molecule has 1 aromatic carbocycles. The molecule has 150 valence electrons. The van der Waals surface area contributed by atoms with E-state index in [-0.39, 0.29) is 23.9 Å². The molecule has 0 radical (unpaired) electrons. The van der Waals surface area contributed by atoms with Gasteiger partial charge in [0.05, 0.1) is 18.9 Å². The highest BCUT2D eigenvalue weighted by Gasteiger charge is 2.27. The Morgan fingerprint density at radius 2 is 2.07 bits per heavy atom. The van der Waals surface area contributed by atoms with Crippen molar-refractivity contribution in [2.75, 3.05) is 20.8 Å². The largest absolute Gasteiger partial charge is 0.504 e. The third-order valence-corrected chi connectivity index (χ3v) is 4.55. The molecule has 10 heteroatoms. The summed E-state index contributed by atoms with van der Waals surface area (Å²) in [6.45, 7) is 0.606. The van der Waals surface area contributed by atoms with E-state index in [0.29, 0.717) is 30.9 Å². The predicted molar refractivity (Wildman–Crippen MR) is 101 cm³/mol. The maximum Gasteiger partial charge on any atom is 0.331 e. The minimum absolute atomic E-state index is 0.0163. The van der Waals surface area contributed by atoms with Crippen molar-refractivity contribution in [1.82, 2.24) is 15.0 Å². The molecule has 28 heavy (non-hydrogen) atoms. The molecule has 2 heterocycles. The summed E-state index contributed by atoms with van der Waals surface area (Å²) in [7, 11) is 2.99. The molecular formula is C18H22N4O6. The topological polar surface area (TPSA) is 138 Å². The first-order valence-electron chi connectivity index (χ1n) is 8.70. The van der Waals surface area contributed by atoms with Gasteiger partial charge in [0.25, 0.3) is 5.56 Å². The molecule has 10 nitrogen and oxygen atoms in total. The molecule has 0 bridgehead atoms. The molecular weight excluding hydrogens is 368 g/mol. The summed E-state index contributed by atoms with van der Waals surface area (Å²) < 4.78 is 11.2. The van der Waals surface area contributed by atoms with Gasteiger partial charge in [-0.25, -0.2) is 4.79 Å². The summed E-state index contributed by atoms with van der Waals surface area (Å²) in [5.41, 5.74) is 2.60. The number of H-pyrrole nitrogens is 1. The standard InChI is InChI=1S/C18H22N4O6/c1-27-7-3-6-22-17(25)15(16(24)19-18(22)26)12-9-11(20-21-12)10-4-5-13(23)14(8-10)28-2/h4-5,8,11,20,23,25H,3,6-7,9H2,1-2H3,(H,19,24,26)/t11-/m0/s1. The van der Waals surface area contributed by atoms with Crippen LogP contribution >= 0.6 is 0 Å². The normalized spacial score (nSPS) is 15.9. The van der Waals surface area contributed by atoms with Crippen LogP contribution in [0.3, 0.4) is 0 Å². The van der Waals surface area contributed by atoms with Crippen molar-refractivity contribution in [2.45, 2.75) is 25.4 Å². The van der Waals surface area contributed by atoms with Crippen LogP contribution in [0.4, 0.5) is 0 Å². The van der Waals surface area contributed by atoms with E-state index in [2.05, 4.69) is 15.5 Å². The van der Waals surface area contributed by atoms with E-state index in [0.717, 1.165) is 10.1 Å². The van der Waals surface area contributed by atoms with Crippen LogP contribution in [0.2, 0.25) is 0 Å². The monoisotopic (exact) mass is 390 g/mol. The number of nitrogens with zero attached hydrogens (tertiary/aromatic N) is 2. The van der Waals surface area contributed by atoms with Gasteiger partial charge in [-0.2, -0.15) is 5.10 Å². The molecule has 0 saturated carbocycles. The minimum atomic E-state index is -0.699. The van der Waals surface area contributed by atoms with Crippen LogP contribution in [0, 0.1) is 0 Å². The van der Waals surface area contributed by atoms with Gasteiger partial charge in [-0.1, -0.05) is 6.07 Å². The number of hydrazone groups is 1. The average molecular weight is 390 g/mol. The Kier molecular flexibility index (Phi) is 5.69. The first kappa shape index (κ1) is 19.5. The summed E-state index contributed by atoms with van der Waals surface area (Å²) in [6, 6.07) is 4.61. The number of methoxy groups -OCH3 is 2. The predicted octanol–water partition coefficient (Wildman–Crippen LogP) is 0.432. The highest BCUT2D eigenvalue weighted by atomic mass is 16.5. The van der Waals surface area contributed by atoms with E-state index in [1.165, 1.54) is 20.3 Å². The van der Waals surface area contributed by atoms with Crippen LogP contribution in [0.15, 0.2) is 32.9 Å². The van der Waals surface area contributed by atoms with E-state index < -0.39 is 17.1 Å². The van der Waals surface area contributed by atoms with E-state index >= 15 is 0 Å². The molecule has 0 aliphatic carbocycles. The Balaban J connectivity index is 1.88. The number of aromatic amines is 1. The highest BCUT2D eigenvalue weighted by molar-refractivity contribution is 6.03. The van der Waals surface area contributed by atoms with Crippen LogP contribution in [0.1, 0.15) is 30.0 Å². The second-order valence-corrected chi connectivity index (χ2v) is 6.33. The fraction of sp³-hybridized carbons (Fsp3) is 0.389. The number of aromatic nitrogens is 2. The molecule has 2 aromatic rings. The number of ether oxygens (including phenoxy) is 2. The molecule has 1 aliphatic heterocycles. The van der Waals surface area contributed by atoms with Crippen molar-refractivity contribution in [3.8, 4) is 17.4 Å². The lowest BCUT2D eigenvalue weighted by molar-refractivity contribution is 0.188. The lowest BCUT2D eigenvalue weighted by Gasteiger charge is -2.13. The Hall–Kier alpha value is -3.27. The van der Waals surface area contributed by atoms with Gasteiger partial charge in [-0.3, -0.25) is 14.3 Å². The van der Waals surface area contributed by atoms with Crippen molar-refractivity contribution >= 4 is 5.71 Å². The second-order valence-electron chi connectivity index (χ2n) is 6.33. The highest BCUT2D eigenvalue weighted by Crippen LogP contribution is 2.32. The first-order valence-corrected chi connectivity index (χ1v) is 8.70. The van der Waals surface area contributed by atoms with Gasteiger partial charge >= 0.3 is 5.69 Å². The van der Waals surface area contributed by atoms with Gasteiger partial charge < -0.3 is 25.1 Å². The number of rotatable bonds is 7. The van der Waals surface area contributed by atoms with Gasteiger partial charge in [0.15, 0.2) is 11.5 Å². The van der Waals surface area contributed by atoms with Crippen LogP contribution < -0.4 is 21.4 Å². The van der Waals surface area contributed by atoms with Crippen molar-refractivity contribution in [3.63, 3.8) is 0 Å². The SMILES string of the molecule is COCCCn1c(O)c(C2=NN[C@H](c3ccc(O)c(OC)c3)C2)c(=O)[nH]c1=O. The fourth-order valence-corrected chi connectivity index (χ4v) is 3.10. The molecule has 0 fully saturated rings. The van der Waals surface area contributed by atoms with E-state index in [4.69, 9.17) is 9.47 Å². The maximum absolute atomic E-state index is 12.3. The summed E-state index contributed by atoms with van der Waals surface area (Å²) in [5, 5.41) is 24.4. The summed E-state index contributed by atoms with van der Waals surface area (Å²) in [5.74, 6) is -0.0860. The average Bonchev–Trinajstić information content (AvgIpc) is 3.14.